The first-order valence-electron chi connectivity index (χ1n) is 15.4. The van der Waals surface area contributed by atoms with Crippen molar-refractivity contribution in [1.29, 1.82) is 5.26 Å². The first-order chi connectivity index (χ1) is 23.7. The van der Waals surface area contributed by atoms with Gasteiger partial charge in [-0.1, -0.05) is 18.5 Å². The van der Waals surface area contributed by atoms with Crippen LogP contribution < -0.4 is 21.1 Å². The number of fused-ring (bicyclic) bond motifs is 2. The van der Waals surface area contributed by atoms with Gasteiger partial charge in [0, 0.05) is 65.3 Å². The largest absolute Gasteiger partial charge is 0.463 e. The molecule has 0 unspecified atom stereocenters. The molecule has 0 aliphatic carbocycles. The number of thiophene rings is 1. The maximum Gasteiger partial charge on any atom is 0.319 e. The zero-order valence-electron chi connectivity index (χ0n) is 27.2. The Kier molecular flexibility index (Phi) is 9.35. The van der Waals surface area contributed by atoms with E-state index in [0.29, 0.717) is 36.2 Å². The second kappa shape index (κ2) is 13.3. The number of nitrogens with two attached hydrogens (primary N) is 2. The number of hydrogen-bond acceptors (Lipinski definition) is 11. The Morgan fingerprint density at radius 2 is 1.88 bits per heavy atom. The van der Waals surface area contributed by atoms with Crippen LogP contribution in [-0.2, 0) is 0 Å². The maximum absolute atomic E-state index is 17.0. The van der Waals surface area contributed by atoms with Crippen LogP contribution in [0.5, 0.6) is 6.01 Å². The van der Waals surface area contributed by atoms with Crippen LogP contribution in [0, 0.1) is 40.1 Å². The first-order valence-corrected chi connectivity index (χ1v) is 16.5. The molecule has 1 aliphatic rings. The minimum absolute atomic E-state index is 0.0681. The third kappa shape index (κ3) is 5.96. The molecule has 0 amide bonds. The zero-order valence-corrected chi connectivity index (χ0v) is 28.8. The number of benzene rings is 2. The number of anilines is 3. The van der Waals surface area contributed by atoms with Crippen LogP contribution in [0.25, 0.3) is 32.1 Å². The summed E-state index contributed by atoms with van der Waals surface area (Å²) in [7, 11) is 3.45. The molecule has 10 nitrogen and oxygen atoms in total. The number of piperidine rings is 1. The Labute approximate surface area is 292 Å². The van der Waals surface area contributed by atoms with Gasteiger partial charge in [0.15, 0.2) is 5.82 Å². The molecule has 0 bridgehead atoms. The average molecular weight is 732 g/mol. The van der Waals surface area contributed by atoms with Gasteiger partial charge in [0.2, 0.25) is 6.43 Å². The van der Waals surface area contributed by atoms with Crippen LogP contribution in [0.15, 0.2) is 24.5 Å². The van der Waals surface area contributed by atoms with Gasteiger partial charge in [-0.15, -0.1) is 11.3 Å². The molecule has 1 fully saturated rings. The van der Waals surface area contributed by atoms with Gasteiger partial charge in [-0.25, -0.2) is 26.9 Å². The number of likely N-dealkylation sites (tertiary alicyclic amines) is 1. The van der Waals surface area contributed by atoms with Gasteiger partial charge in [-0.05, 0) is 33.0 Å². The van der Waals surface area contributed by atoms with Crippen molar-refractivity contribution in [2.24, 2.45) is 11.3 Å². The molecular formula is C33H31ClF5N9OS. The van der Waals surface area contributed by atoms with E-state index in [1.807, 2.05) is 18.0 Å². The van der Waals surface area contributed by atoms with Crippen LogP contribution in [-0.4, -0.2) is 65.1 Å². The van der Waals surface area contributed by atoms with Crippen LogP contribution in [0.2, 0.25) is 5.02 Å². The highest BCUT2D eigenvalue weighted by molar-refractivity contribution is 7.23. The molecule has 3 aromatic heterocycles. The van der Waals surface area contributed by atoms with Crippen LogP contribution in [0.4, 0.5) is 38.6 Å². The van der Waals surface area contributed by atoms with E-state index in [0.717, 1.165) is 0 Å². The summed E-state index contributed by atoms with van der Waals surface area (Å²) in [4.78, 5) is 20.9. The van der Waals surface area contributed by atoms with E-state index in [9.17, 15) is 18.4 Å². The first kappa shape index (κ1) is 35.2. The molecule has 1 saturated heterocycles. The van der Waals surface area contributed by atoms with Gasteiger partial charge in [0.05, 0.1) is 27.9 Å². The Morgan fingerprint density at radius 3 is 2.56 bits per heavy atom. The molecule has 4 N–H and O–H groups in total. The highest BCUT2D eigenvalue weighted by atomic mass is 35.5. The lowest BCUT2D eigenvalue weighted by Gasteiger charge is -2.44. The number of halogens is 6. The highest BCUT2D eigenvalue weighted by Gasteiger charge is 2.44. The second-order valence-electron chi connectivity index (χ2n) is 12.7. The van der Waals surface area contributed by atoms with Crippen molar-refractivity contribution >= 4 is 60.6 Å². The fourth-order valence-electron chi connectivity index (χ4n) is 6.68. The molecule has 0 spiro atoms. The fourth-order valence-corrected chi connectivity index (χ4v) is 7.90. The molecule has 50 heavy (non-hydrogen) atoms. The molecule has 6 rings (SSSR count). The van der Waals surface area contributed by atoms with Crippen LogP contribution >= 0.6 is 22.9 Å². The minimum Gasteiger partial charge on any atom is -0.463 e. The molecule has 2 aromatic carbocycles. The summed E-state index contributed by atoms with van der Waals surface area (Å²) in [6, 6.07) is 2.77. The Balaban J connectivity index is 1.57. The van der Waals surface area contributed by atoms with Crippen LogP contribution in [0.1, 0.15) is 37.6 Å². The molecule has 1 aliphatic heterocycles. The molecule has 3 atom stereocenters. The van der Waals surface area contributed by atoms with Gasteiger partial charge < -0.3 is 26.0 Å². The molecule has 262 valence electrons. The molecule has 4 heterocycles. The van der Waals surface area contributed by atoms with Crippen LogP contribution in [0.3, 0.4) is 0 Å². The van der Waals surface area contributed by atoms with Gasteiger partial charge in [0.1, 0.15) is 45.6 Å². The quantitative estimate of drug-likeness (QED) is 0.157. The lowest BCUT2D eigenvalue weighted by molar-refractivity contribution is -0.0679. The maximum atomic E-state index is 17.0. The van der Waals surface area contributed by atoms with Crippen molar-refractivity contribution in [3.05, 3.63) is 58.3 Å². The van der Waals surface area contributed by atoms with Crippen molar-refractivity contribution in [2.45, 2.75) is 32.7 Å². The van der Waals surface area contributed by atoms with Gasteiger partial charge in [-0.3, -0.25) is 4.98 Å². The molecule has 0 radical (unpaired) electrons. The number of hydrogen-bond donors (Lipinski definition) is 2. The van der Waals surface area contributed by atoms with Crippen molar-refractivity contribution in [3.63, 3.8) is 0 Å². The average Bonchev–Trinajstić information content (AvgIpc) is 3.40. The number of nitrogen functional groups attached to an aromatic ring is 2. The fraction of sp³-hybridized carbons (Fsp3) is 0.364. The standard InChI is InChI=1S/C33H31ClF5N9OS/c1-14(25-29(41)44-7-6-43-25)48(4)31-15-9-18(34)22(23-19(35)10-20(36)27-21(23)16(11-40)30(42)50-27)24(37)26(15)45-32(46-31)49-13-33(2)12-47(3)8-5-17(33)28(38)39/h6-7,9-10,14,17,28H,5,8,12-13,42H2,1-4H3,(H2,41,44)/t14-,17+,33-/m1/s1. The zero-order chi connectivity index (χ0) is 36.2. The Bertz CT molecular complexity index is 2180. The van der Waals surface area contributed by atoms with Crippen molar-refractivity contribution < 1.29 is 26.7 Å². The summed E-state index contributed by atoms with van der Waals surface area (Å²) in [5, 5.41) is 9.26. The number of nitriles is 1. The molecule has 17 heteroatoms. The monoisotopic (exact) mass is 731 g/mol. The predicted octanol–water partition coefficient (Wildman–Crippen LogP) is 7.21. The number of alkyl halides is 2. The normalized spacial score (nSPS) is 18.9. The number of nitrogens with zero attached hydrogens (tertiary/aromatic N) is 7. The second-order valence-corrected chi connectivity index (χ2v) is 14.1. The summed E-state index contributed by atoms with van der Waals surface area (Å²) < 4.78 is 81.8. The number of aromatic nitrogens is 4. The van der Waals surface area contributed by atoms with E-state index in [4.69, 9.17) is 27.8 Å². The summed E-state index contributed by atoms with van der Waals surface area (Å²) in [5.41, 5.74) is 9.83. The SMILES string of the molecule is C[C@H](c1nccnc1N)N(C)c1nc(OC[C@@]2(C)CN(C)CC[C@H]2C(F)F)nc2c(F)c(-c3c(F)cc(F)c4sc(N)c(C#N)c34)c(Cl)cc12. The summed E-state index contributed by atoms with van der Waals surface area (Å²) >= 11 is 7.42. The Morgan fingerprint density at radius 1 is 1.16 bits per heavy atom. The minimum atomic E-state index is -2.61. The topological polar surface area (TPSA) is 143 Å². The summed E-state index contributed by atoms with van der Waals surface area (Å²) in [5.74, 6) is -4.06. The van der Waals surface area contributed by atoms with Crippen molar-refractivity contribution in [1.82, 2.24) is 24.8 Å². The summed E-state index contributed by atoms with van der Waals surface area (Å²) in [6.45, 7) is 3.99. The van der Waals surface area contributed by atoms with E-state index in [-0.39, 0.29) is 67.3 Å². The smallest absolute Gasteiger partial charge is 0.319 e. The third-order valence-corrected chi connectivity index (χ3v) is 10.7. The van der Waals surface area contributed by atoms with E-state index in [1.54, 1.807) is 25.8 Å². The van der Waals surface area contributed by atoms with E-state index in [1.165, 1.54) is 18.5 Å². The predicted molar refractivity (Wildman–Crippen MR) is 183 cm³/mol. The lowest BCUT2D eigenvalue weighted by atomic mass is 9.73. The van der Waals surface area contributed by atoms with Gasteiger partial charge in [0.25, 0.3) is 0 Å². The van der Waals surface area contributed by atoms with Gasteiger partial charge >= 0.3 is 6.01 Å². The summed E-state index contributed by atoms with van der Waals surface area (Å²) in [6.07, 6.45) is 0.513. The molecule has 0 saturated carbocycles. The van der Waals surface area contributed by atoms with Gasteiger partial charge in [-0.2, -0.15) is 15.2 Å². The number of rotatable bonds is 8. The lowest BCUT2D eigenvalue weighted by Crippen LogP contribution is -2.51. The van der Waals surface area contributed by atoms with E-state index < -0.39 is 52.4 Å². The highest BCUT2D eigenvalue weighted by Crippen LogP contribution is 2.47. The van der Waals surface area contributed by atoms with E-state index in [2.05, 4.69) is 19.9 Å². The number of ether oxygens (including phenoxy) is 1. The molecule has 5 aromatic rings. The van der Waals surface area contributed by atoms with E-state index >= 15 is 8.78 Å². The van der Waals surface area contributed by atoms with Crippen molar-refractivity contribution in [2.75, 3.05) is 50.2 Å². The Hall–Kier alpha value is -4.59. The van der Waals surface area contributed by atoms with Crippen molar-refractivity contribution in [3.8, 4) is 23.2 Å². The molecular weight excluding hydrogens is 701 g/mol. The third-order valence-electron chi connectivity index (χ3n) is 9.35.